The molecular weight excluding hydrogens is 1130 g/mol. The summed E-state index contributed by atoms with van der Waals surface area (Å²) in [5.41, 5.74) is 18.0. The van der Waals surface area contributed by atoms with Crippen molar-refractivity contribution in [3.05, 3.63) is 102 Å². The summed E-state index contributed by atoms with van der Waals surface area (Å²) in [5.74, 6) is -10.2. The number of phenols is 1. The van der Waals surface area contributed by atoms with Crippen molar-refractivity contribution < 1.29 is 68.1 Å². The minimum absolute atomic E-state index is 0.00155. The third kappa shape index (κ3) is 23.3. The van der Waals surface area contributed by atoms with E-state index in [9.17, 15) is 68.1 Å². The van der Waals surface area contributed by atoms with Gasteiger partial charge in [0.25, 0.3) is 5.91 Å². The van der Waals surface area contributed by atoms with Gasteiger partial charge in [-0.05, 0) is 73.9 Å². The van der Waals surface area contributed by atoms with Gasteiger partial charge in [0, 0.05) is 56.9 Å². The molecule has 0 spiro atoms. The Morgan fingerprint density at radius 3 is 1.64 bits per heavy atom. The van der Waals surface area contributed by atoms with E-state index in [1.807, 2.05) is 24.3 Å². The van der Waals surface area contributed by atoms with Gasteiger partial charge in [-0.1, -0.05) is 74.5 Å². The van der Waals surface area contributed by atoms with Gasteiger partial charge in [-0.3, -0.25) is 58.8 Å². The van der Waals surface area contributed by atoms with Crippen molar-refractivity contribution in [2.45, 2.75) is 140 Å². The van der Waals surface area contributed by atoms with Crippen LogP contribution < -0.4 is 75.5 Å². The first-order valence-electron chi connectivity index (χ1n) is 27.9. The van der Waals surface area contributed by atoms with Crippen molar-refractivity contribution in [3.63, 3.8) is 0 Å². The molecule has 1 heterocycles. The molecule has 12 amide bonds. The number of aromatic nitrogens is 1. The largest absolute Gasteiger partial charge is 0.508 e. The van der Waals surface area contributed by atoms with Gasteiger partial charge in [-0.2, -0.15) is 0 Å². The predicted molar refractivity (Wildman–Crippen MR) is 317 cm³/mol. The second-order valence-electron chi connectivity index (χ2n) is 21.1. The van der Waals surface area contributed by atoms with E-state index in [4.69, 9.17) is 16.9 Å². The lowest BCUT2D eigenvalue weighted by Crippen LogP contribution is -2.63. The molecule has 0 saturated heterocycles. The number of H-pyrrole nitrogens is 1. The van der Waals surface area contributed by atoms with Crippen LogP contribution in [-0.2, 0) is 67.2 Å². The van der Waals surface area contributed by atoms with E-state index < -0.39 is 132 Å². The van der Waals surface area contributed by atoms with Crippen LogP contribution in [0.2, 0.25) is 0 Å². The number of para-hydroxylation sites is 1. The topological polar surface area (TPSA) is 484 Å². The van der Waals surface area contributed by atoms with Crippen LogP contribution in [0.1, 0.15) is 77.0 Å². The first kappa shape index (κ1) is 69.7. The second kappa shape index (κ2) is 34.2. The molecule has 1 aromatic heterocycles. The minimum Gasteiger partial charge on any atom is -0.508 e. The molecule has 472 valence electrons. The average Bonchev–Trinajstić information content (AvgIpc) is 3.61. The number of phenolic OH excluding ortho intramolecular Hbond substituents is 1. The number of aliphatic hydroxyl groups excluding tert-OH is 2. The monoisotopic (exact) mass is 1210 g/mol. The van der Waals surface area contributed by atoms with E-state index in [0.717, 1.165) is 31.7 Å². The third-order valence-electron chi connectivity index (χ3n) is 13.4. The minimum atomic E-state index is -1.92. The van der Waals surface area contributed by atoms with Crippen LogP contribution in [0.15, 0.2) is 85.1 Å². The number of rotatable bonds is 32. The Labute approximate surface area is 501 Å². The number of primary amides is 2. The summed E-state index contributed by atoms with van der Waals surface area (Å²) in [4.78, 5) is 151. The fraction of sp³-hybridized carbons (Fsp3) is 0.439. The van der Waals surface area contributed by atoms with Crippen molar-refractivity contribution in [1.82, 2.24) is 69.0 Å². The first-order valence-corrected chi connectivity index (χ1v) is 27.9. The Morgan fingerprint density at radius 2 is 1.08 bits per heavy atom. The molecular formula is C57H80N16O14. The number of amides is 12. The predicted octanol–water partition coefficient (Wildman–Crippen LogP) is -3.29. The number of urea groups is 1. The zero-order valence-electron chi connectivity index (χ0n) is 49.1. The van der Waals surface area contributed by atoms with Crippen LogP contribution in [0, 0.1) is 11.3 Å². The molecule has 0 aliphatic rings. The number of carbonyl (C=O) groups is 11. The Hall–Kier alpha value is -9.84. The zero-order valence-corrected chi connectivity index (χ0v) is 49.1. The summed E-state index contributed by atoms with van der Waals surface area (Å²) in [6.45, 7) is 7.09. The lowest BCUT2D eigenvalue weighted by Gasteiger charge is -2.28. The van der Waals surface area contributed by atoms with Crippen molar-refractivity contribution >= 4 is 82.0 Å². The van der Waals surface area contributed by atoms with Gasteiger partial charge in [0.1, 0.15) is 54.1 Å². The molecule has 0 aliphatic heterocycles. The van der Waals surface area contributed by atoms with Crippen LogP contribution in [0.5, 0.6) is 5.75 Å². The zero-order chi connectivity index (χ0) is 64.5. The van der Waals surface area contributed by atoms with Crippen LogP contribution in [0.3, 0.4) is 0 Å². The van der Waals surface area contributed by atoms with E-state index in [0.29, 0.717) is 16.7 Å². The molecule has 10 atom stereocenters. The highest BCUT2D eigenvalue weighted by Crippen LogP contribution is 2.20. The van der Waals surface area contributed by atoms with E-state index in [2.05, 4.69) is 69.0 Å². The molecule has 4 rings (SSSR count). The Bertz CT molecular complexity index is 3050. The molecule has 21 N–H and O–H groups in total. The van der Waals surface area contributed by atoms with Crippen LogP contribution >= 0.6 is 0 Å². The van der Waals surface area contributed by atoms with Crippen molar-refractivity contribution in [3.8, 4) is 5.75 Å². The van der Waals surface area contributed by atoms with Gasteiger partial charge >= 0.3 is 6.03 Å². The normalized spacial score (nSPS) is 14.4. The Morgan fingerprint density at radius 1 is 0.563 bits per heavy atom. The highest BCUT2D eigenvalue weighted by molar-refractivity contribution is 5.99. The molecule has 4 aromatic rings. The van der Waals surface area contributed by atoms with Gasteiger partial charge in [-0.15, -0.1) is 0 Å². The van der Waals surface area contributed by atoms with Crippen molar-refractivity contribution in [2.75, 3.05) is 13.6 Å². The molecule has 87 heavy (non-hydrogen) atoms. The van der Waals surface area contributed by atoms with Crippen molar-refractivity contribution in [2.24, 2.45) is 17.4 Å². The average molecular weight is 1210 g/mol. The number of fused-ring (bicyclic) bond motifs is 1. The quantitative estimate of drug-likeness (QED) is 0.00986. The maximum absolute atomic E-state index is 14.1. The molecule has 0 bridgehead atoms. The van der Waals surface area contributed by atoms with Crippen LogP contribution in [-0.4, -0.2) is 166 Å². The summed E-state index contributed by atoms with van der Waals surface area (Å²) in [5, 5.41) is 64.7. The molecule has 0 saturated carbocycles. The first-order chi connectivity index (χ1) is 41.1. The highest BCUT2D eigenvalue weighted by atomic mass is 16.3. The number of hydrogen-bond donors (Lipinski definition) is 19. The lowest BCUT2D eigenvalue weighted by atomic mass is 10.0. The van der Waals surface area contributed by atoms with Gasteiger partial charge in [-0.25, -0.2) is 10.2 Å². The fourth-order valence-corrected chi connectivity index (χ4v) is 8.90. The molecule has 0 radical (unpaired) electrons. The van der Waals surface area contributed by atoms with E-state index in [1.54, 1.807) is 50.4 Å². The van der Waals surface area contributed by atoms with Gasteiger partial charge < -0.3 is 84.9 Å². The second-order valence-corrected chi connectivity index (χ2v) is 21.1. The molecule has 30 nitrogen and oxygen atoms in total. The number of aliphatic hydroxyl groups is 2. The van der Waals surface area contributed by atoms with Crippen LogP contribution in [0.25, 0.3) is 10.9 Å². The molecule has 0 unspecified atom stereocenters. The van der Waals surface area contributed by atoms with E-state index in [1.165, 1.54) is 31.3 Å². The summed E-state index contributed by atoms with van der Waals surface area (Å²) < 4.78 is 0. The lowest BCUT2D eigenvalue weighted by molar-refractivity contribution is -0.138. The summed E-state index contributed by atoms with van der Waals surface area (Å²) in [6, 6.07) is 7.70. The van der Waals surface area contributed by atoms with Gasteiger partial charge in [0.2, 0.25) is 53.2 Å². The number of guanidine groups is 1. The number of hydrogen-bond acceptors (Lipinski definition) is 15. The number of benzene rings is 3. The molecule has 0 aliphatic carbocycles. The Kier molecular flexibility index (Phi) is 27.4. The summed E-state index contributed by atoms with van der Waals surface area (Å²) >= 11 is 0. The highest BCUT2D eigenvalue weighted by Gasteiger charge is 2.37. The standard InChI is InChI=1S/C57H80N16O14/c1-29(2)23-41(50(81)65-39(17-12-22-62-56(60)61-6)49(80)66-40(48(59)79)26-35-28-63-38-16-11-10-15-37(35)38)69-57(87)73-72-53(84)43(24-33-13-8-7-9-14-33)67-54(85)46(30(3)74)71-52(83)44(27-45(58)78)68-55(86)47(31(4)75)70-51(82)42(64-32(5)76)25-34-18-20-36(77)21-19-34/h7-11,13-16,18-21,28-31,39-44,46-47,63,74-75,77H,12,17,22-27H2,1-6H3,(H2,58,78)(H2,59,79)(H,64,76)(H,65,81)(H,66,80)(H,67,85)(H,68,86)(H,70,82)(H,71,83)(H,72,84)(H3,60,61,62)(H2,69,73,87)/t30-,31-,39+,40+,41+,42-,43+,44+,46+,47+/m1/s1. The van der Waals surface area contributed by atoms with Crippen molar-refractivity contribution in [1.29, 1.82) is 5.41 Å². The number of aromatic amines is 1. The molecule has 3 aromatic carbocycles. The summed E-state index contributed by atoms with van der Waals surface area (Å²) in [6.07, 6.45) is -2.72. The number of hydrazine groups is 1. The molecule has 0 fully saturated rings. The fourth-order valence-electron chi connectivity index (χ4n) is 8.90. The molecule has 30 heteroatoms. The summed E-state index contributed by atoms with van der Waals surface area (Å²) in [7, 11) is 1.54. The van der Waals surface area contributed by atoms with Gasteiger partial charge in [0.05, 0.1) is 18.6 Å². The van der Waals surface area contributed by atoms with Gasteiger partial charge in [0.15, 0.2) is 5.96 Å². The third-order valence-corrected chi connectivity index (χ3v) is 13.4. The number of nitrogens with two attached hydrogens (primary N) is 2. The maximum atomic E-state index is 14.1. The smallest absolute Gasteiger partial charge is 0.334 e. The maximum Gasteiger partial charge on any atom is 0.334 e. The van der Waals surface area contributed by atoms with E-state index in [-0.39, 0.29) is 62.7 Å². The van der Waals surface area contributed by atoms with E-state index >= 15 is 0 Å². The number of carbonyl (C=O) groups excluding carboxylic acids is 11. The SMILES string of the molecule is CNC(=N)NCCC[C@H](NC(=O)[C@H](CC(C)C)NC(=O)NNC(=O)[C@H](Cc1ccccc1)NC(=O)[C@@H](NC(=O)[C@H](CC(N)=O)NC(=O)[C@@H](NC(=O)[C@@H](Cc1ccc(O)cc1)NC(C)=O)[C@@H](C)O)[C@@H](C)O)C(=O)N[C@@H](Cc1c[nH]c2ccccc12)C(N)=O. The number of nitrogens with one attached hydrogen (secondary N) is 14. The van der Waals surface area contributed by atoms with Crippen LogP contribution in [0.4, 0.5) is 4.79 Å². The number of aromatic hydroxyl groups is 1. The Balaban J connectivity index is 1.49.